The number of carbonyl (C=O) groups excluding carboxylic acids is 1. The standard InChI is InChI=1S/C17H21FN4O3.ClH/c1-24-14-10-12(18)13(11-15(14)25-2)21-16(23)17(4-7-19-8-5-17)22-9-3-6-20-22;/h3,6,9-11,19H,4-5,7-8H2,1-2H3,(H,21,23);1H. The van der Waals surface area contributed by atoms with Crippen LogP contribution in [0.4, 0.5) is 10.1 Å². The number of hydrogen-bond donors (Lipinski definition) is 2. The zero-order valence-electron chi connectivity index (χ0n) is 14.6. The summed E-state index contributed by atoms with van der Waals surface area (Å²) in [5.74, 6) is -0.279. The molecule has 3 rings (SSSR count). The van der Waals surface area contributed by atoms with Crippen molar-refractivity contribution in [1.82, 2.24) is 15.1 Å². The molecule has 1 fully saturated rings. The monoisotopic (exact) mass is 384 g/mol. The number of amides is 1. The second-order valence-electron chi connectivity index (χ2n) is 5.87. The maximum Gasteiger partial charge on any atom is 0.252 e. The third-order valence-electron chi connectivity index (χ3n) is 4.52. The lowest BCUT2D eigenvalue weighted by atomic mass is 9.87. The van der Waals surface area contributed by atoms with Crippen LogP contribution < -0.4 is 20.1 Å². The van der Waals surface area contributed by atoms with Crippen molar-refractivity contribution in [3.63, 3.8) is 0 Å². The first kappa shape index (κ1) is 20.0. The average molecular weight is 385 g/mol. The van der Waals surface area contributed by atoms with E-state index in [0.717, 1.165) is 0 Å². The minimum atomic E-state index is -0.853. The van der Waals surface area contributed by atoms with Gasteiger partial charge in [-0.1, -0.05) is 0 Å². The van der Waals surface area contributed by atoms with Gasteiger partial charge < -0.3 is 20.1 Å². The van der Waals surface area contributed by atoms with Crippen LogP contribution in [0.1, 0.15) is 12.8 Å². The first-order valence-electron chi connectivity index (χ1n) is 8.04. The SMILES string of the molecule is COc1cc(F)c(NC(=O)C2(n3cccn3)CCNCC2)cc1OC.Cl. The highest BCUT2D eigenvalue weighted by Gasteiger charge is 2.42. The molecule has 0 unspecified atom stereocenters. The predicted octanol–water partition coefficient (Wildman–Crippen LogP) is 2.18. The van der Waals surface area contributed by atoms with E-state index in [4.69, 9.17) is 9.47 Å². The van der Waals surface area contributed by atoms with Gasteiger partial charge in [-0.15, -0.1) is 12.4 Å². The van der Waals surface area contributed by atoms with E-state index >= 15 is 0 Å². The van der Waals surface area contributed by atoms with Gasteiger partial charge in [-0.2, -0.15) is 5.10 Å². The van der Waals surface area contributed by atoms with E-state index in [1.54, 1.807) is 23.1 Å². The number of nitrogens with one attached hydrogen (secondary N) is 2. The van der Waals surface area contributed by atoms with Gasteiger partial charge >= 0.3 is 0 Å². The molecule has 142 valence electrons. The van der Waals surface area contributed by atoms with Crippen LogP contribution in [0.5, 0.6) is 11.5 Å². The summed E-state index contributed by atoms with van der Waals surface area (Å²) in [5, 5.41) is 10.2. The van der Waals surface area contributed by atoms with Gasteiger partial charge in [0.2, 0.25) is 0 Å². The van der Waals surface area contributed by atoms with Gasteiger partial charge in [-0.3, -0.25) is 9.48 Å². The number of ether oxygens (including phenoxy) is 2. The number of benzene rings is 1. The number of rotatable bonds is 5. The number of hydrogen-bond acceptors (Lipinski definition) is 5. The molecule has 2 N–H and O–H groups in total. The number of carbonyl (C=O) groups is 1. The Hall–Kier alpha value is -2.32. The molecule has 2 heterocycles. The smallest absolute Gasteiger partial charge is 0.252 e. The maximum absolute atomic E-state index is 14.4. The van der Waals surface area contributed by atoms with Gasteiger partial charge in [0, 0.05) is 24.5 Å². The van der Waals surface area contributed by atoms with Crippen molar-refractivity contribution < 1.29 is 18.7 Å². The second-order valence-corrected chi connectivity index (χ2v) is 5.87. The van der Waals surface area contributed by atoms with Crippen molar-refractivity contribution in [1.29, 1.82) is 0 Å². The van der Waals surface area contributed by atoms with Gasteiger partial charge in [0.05, 0.1) is 19.9 Å². The molecule has 1 aromatic heterocycles. The van der Waals surface area contributed by atoms with Crippen LogP contribution in [0.2, 0.25) is 0 Å². The minimum Gasteiger partial charge on any atom is -0.493 e. The van der Waals surface area contributed by atoms with E-state index in [1.165, 1.54) is 26.4 Å². The molecule has 7 nitrogen and oxygen atoms in total. The number of nitrogens with zero attached hydrogens (tertiary/aromatic N) is 2. The van der Waals surface area contributed by atoms with Crippen molar-refractivity contribution in [3.05, 3.63) is 36.4 Å². The number of aromatic nitrogens is 2. The Labute approximate surface area is 157 Å². The predicted molar refractivity (Wildman–Crippen MR) is 97.7 cm³/mol. The molecular formula is C17H22ClFN4O3. The van der Waals surface area contributed by atoms with Crippen LogP contribution in [0, 0.1) is 5.82 Å². The van der Waals surface area contributed by atoms with Crippen LogP contribution in [0.15, 0.2) is 30.6 Å². The molecule has 26 heavy (non-hydrogen) atoms. The highest BCUT2D eigenvalue weighted by Crippen LogP contribution is 2.34. The normalized spacial score (nSPS) is 15.7. The zero-order valence-corrected chi connectivity index (χ0v) is 15.4. The van der Waals surface area contributed by atoms with Crippen LogP contribution in [0.25, 0.3) is 0 Å². The van der Waals surface area contributed by atoms with Crippen LogP contribution in [-0.4, -0.2) is 43.0 Å². The van der Waals surface area contributed by atoms with Crippen LogP contribution in [-0.2, 0) is 10.3 Å². The fourth-order valence-corrected chi connectivity index (χ4v) is 3.11. The van der Waals surface area contributed by atoms with Gasteiger partial charge in [-0.05, 0) is 32.0 Å². The average Bonchev–Trinajstić information content (AvgIpc) is 3.18. The van der Waals surface area contributed by atoms with Crippen LogP contribution in [0.3, 0.4) is 0 Å². The number of methoxy groups -OCH3 is 2. The molecule has 0 spiro atoms. The fraction of sp³-hybridized carbons (Fsp3) is 0.412. The highest BCUT2D eigenvalue weighted by molar-refractivity contribution is 5.97. The van der Waals surface area contributed by atoms with E-state index in [-0.39, 0.29) is 29.8 Å². The van der Waals surface area contributed by atoms with Crippen molar-refractivity contribution in [2.75, 3.05) is 32.6 Å². The lowest BCUT2D eigenvalue weighted by Crippen LogP contribution is -2.52. The van der Waals surface area contributed by atoms with Crippen molar-refractivity contribution in [2.45, 2.75) is 18.4 Å². The van der Waals surface area contributed by atoms with Gasteiger partial charge in [0.1, 0.15) is 5.54 Å². The summed E-state index contributed by atoms with van der Waals surface area (Å²) < 4.78 is 26.3. The Morgan fingerprint density at radius 2 is 1.92 bits per heavy atom. The Kier molecular flexibility index (Phi) is 6.44. The molecular weight excluding hydrogens is 363 g/mol. The van der Waals surface area contributed by atoms with E-state index in [0.29, 0.717) is 31.7 Å². The molecule has 1 aromatic carbocycles. The minimum absolute atomic E-state index is 0. The van der Waals surface area contributed by atoms with Crippen molar-refractivity contribution >= 4 is 24.0 Å². The Morgan fingerprint density at radius 1 is 1.27 bits per heavy atom. The Morgan fingerprint density at radius 3 is 2.50 bits per heavy atom. The molecule has 1 saturated heterocycles. The van der Waals surface area contributed by atoms with Crippen molar-refractivity contribution in [3.8, 4) is 11.5 Å². The van der Waals surface area contributed by atoms with Gasteiger partial charge in [0.15, 0.2) is 17.3 Å². The summed E-state index contributed by atoms with van der Waals surface area (Å²) in [6.45, 7) is 1.36. The number of anilines is 1. The summed E-state index contributed by atoms with van der Waals surface area (Å²) in [7, 11) is 2.89. The topological polar surface area (TPSA) is 77.4 Å². The lowest BCUT2D eigenvalue weighted by Gasteiger charge is -2.36. The molecule has 0 saturated carbocycles. The lowest BCUT2D eigenvalue weighted by molar-refractivity contribution is -0.126. The third-order valence-corrected chi connectivity index (χ3v) is 4.52. The Bertz CT molecular complexity index is 749. The quantitative estimate of drug-likeness (QED) is 0.826. The maximum atomic E-state index is 14.4. The zero-order chi connectivity index (χ0) is 17.9. The van der Waals surface area contributed by atoms with E-state index < -0.39 is 11.4 Å². The van der Waals surface area contributed by atoms with Crippen molar-refractivity contribution in [2.24, 2.45) is 0 Å². The molecule has 1 aliphatic heterocycles. The summed E-state index contributed by atoms with van der Waals surface area (Å²) in [6, 6.07) is 4.38. The molecule has 0 aliphatic carbocycles. The van der Waals surface area contributed by atoms with Crippen LogP contribution >= 0.6 is 12.4 Å². The summed E-state index contributed by atoms with van der Waals surface area (Å²) in [5.41, 5.74) is -0.804. The molecule has 0 bridgehead atoms. The molecule has 0 atom stereocenters. The van der Waals surface area contributed by atoms with E-state index in [2.05, 4.69) is 15.7 Å². The molecule has 9 heteroatoms. The Balaban J connectivity index is 0.00000243. The summed E-state index contributed by atoms with van der Waals surface area (Å²) in [4.78, 5) is 13.1. The first-order chi connectivity index (χ1) is 12.1. The fourth-order valence-electron chi connectivity index (χ4n) is 3.11. The molecule has 2 aromatic rings. The number of halogens is 2. The molecule has 1 aliphatic rings. The first-order valence-corrected chi connectivity index (χ1v) is 8.04. The van der Waals surface area contributed by atoms with Gasteiger partial charge in [-0.25, -0.2) is 4.39 Å². The van der Waals surface area contributed by atoms with Gasteiger partial charge in [0.25, 0.3) is 5.91 Å². The van der Waals surface area contributed by atoms with E-state index in [1.807, 2.05) is 0 Å². The third kappa shape index (κ3) is 3.61. The number of piperidine rings is 1. The summed E-state index contributed by atoms with van der Waals surface area (Å²) in [6.07, 6.45) is 4.52. The highest BCUT2D eigenvalue weighted by atomic mass is 35.5. The largest absolute Gasteiger partial charge is 0.493 e. The molecule has 1 amide bonds. The second kappa shape index (κ2) is 8.37. The molecule has 0 radical (unpaired) electrons. The van der Waals surface area contributed by atoms with E-state index in [9.17, 15) is 9.18 Å². The summed E-state index contributed by atoms with van der Waals surface area (Å²) >= 11 is 0.